The lowest BCUT2D eigenvalue weighted by Crippen LogP contribution is -2.37. The van der Waals surface area contributed by atoms with Gasteiger partial charge in [-0.05, 0) is 31.9 Å². The minimum Gasteiger partial charge on any atom is -0.353 e. The third-order valence-electron chi connectivity index (χ3n) is 4.90. The van der Waals surface area contributed by atoms with Crippen LogP contribution in [0.5, 0.6) is 0 Å². The summed E-state index contributed by atoms with van der Waals surface area (Å²) in [7, 11) is 0. The van der Waals surface area contributed by atoms with Gasteiger partial charge in [-0.3, -0.25) is 14.5 Å². The van der Waals surface area contributed by atoms with Gasteiger partial charge in [0, 0.05) is 19.0 Å². The first-order chi connectivity index (χ1) is 13.1. The van der Waals surface area contributed by atoms with Crippen LogP contribution in [0.2, 0.25) is 0 Å². The van der Waals surface area contributed by atoms with E-state index in [0.717, 1.165) is 23.1 Å². The van der Waals surface area contributed by atoms with E-state index in [1.165, 1.54) is 35.9 Å². The summed E-state index contributed by atoms with van der Waals surface area (Å²) >= 11 is 2.88. The highest BCUT2D eigenvalue weighted by molar-refractivity contribution is 8.15. The minimum atomic E-state index is -0.403. The van der Waals surface area contributed by atoms with Crippen molar-refractivity contribution in [3.8, 4) is 0 Å². The van der Waals surface area contributed by atoms with Gasteiger partial charge in [-0.15, -0.1) is 0 Å². The Morgan fingerprint density at radius 2 is 2.11 bits per heavy atom. The molecule has 1 saturated heterocycles. The fourth-order valence-corrected chi connectivity index (χ4v) is 5.63. The van der Waals surface area contributed by atoms with Crippen LogP contribution < -0.4 is 5.32 Å². The fourth-order valence-electron chi connectivity index (χ4n) is 3.53. The Bertz CT molecular complexity index is 856. The fraction of sp³-hybridized carbons (Fsp3) is 0.474. The number of fused-ring (bicyclic) bond motifs is 1. The van der Waals surface area contributed by atoms with Crippen molar-refractivity contribution >= 4 is 55.4 Å². The van der Waals surface area contributed by atoms with Gasteiger partial charge >= 0.3 is 0 Å². The summed E-state index contributed by atoms with van der Waals surface area (Å²) in [5, 5.41) is 3.94. The number of amidine groups is 1. The lowest BCUT2D eigenvalue weighted by molar-refractivity contribution is -0.129. The van der Waals surface area contributed by atoms with Gasteiger partial charge in [0.05, 0.1) is 10.2 Å². The van der Waals surface area contributed by atoms with E-state index in [1.807, 2.05) is 31.2 Å². The summed E-state index contributed by atoms with van der Waals surface area (Å²) in [6, 6.07) is 8.16. The molecule has 1 unspecified atom stereocenters. The topological polar surface area (TPSA) is 74.7 Å². The van der Waals surface area contributed by atoms with E-state index in [-0.39, 0.29) is 24.3 Å². The smallest absolute Gasteiger partial charge is 0.242 e. The van der Waals surface area contributed by atoms with Crippen molar-refractivity contribution in [2.24, 2.45) is 4.99 Å². The molecule has 8 heteroatoms. The molecule has 6 nitrogen and oxygen atoms in total. The first-order valence-corrected chi connectivity index (χ1v) is 11.1. The summed E-state index contributed by atoms with van der Waals surface area (Å²) in [6.45, 7) is 2.46. The molecule has 1 aromatic heterocycles. The monoisotopic (exact) mass is 402 g/mol. The van der Waals surface area contributed by atoms with Crippen molar-refractivity contribution in [1.82, 2.24) is 15.2 Å². The van der Waals surface area contributed by atoms with Crippen molar-refractivity contribution in [3.63, 3.8) is 0 Å². The van der Waals surface area contributed by atoms with Crippen LogP contribution in [0.15, 0.2) is 29.3 Å². The maximum absolute atomic E-state index is 12.7. The van der Waals surface area contributed by atoms with Crippen LogP contribution in [-0.4, -0.2) is 44.7 Å². The first kappa shape index (κ1) is 18.4. The zero-order chi connectivity index (χ0) is 18.8. The number of aliphatic imine (C=N–C) groups is 1. The van der Waals surface area contributed by atoms with Gasteiger partial charge in [-0.25, -0.2) is 4.98 Å². The number of benzene rings is 1. The number of thiazole rings is 1. The molecule has 142 valence electrons. The molecular weight excluding hydrogens is 380 g/mol. The number of thioether (sulfide) groups is 1. The standard InChI is InChI=1S/C19H22N4O2S2/c1-2-23-17(25)15(11-16(24)20-12-7-3-4-8-12)27-19(23)22-18-21-13-9-5-6-10-14(13)26-18/h5-6,9-10,12,15H,2-4,7-8,11H2,1H3,(H,20,24). The highest BCUT2D eigenvalue weighted by Crippen LogP contribution is 2.34. The van der Waals surface area contributed by atoms with Crippen molar-refractivity contribution in [2.75, 3.05) is 6.54 Å². The number of carbonyl (C=O) groups excluding carboxylic acids is 2. The summed E-state index contributed by atoms with van der Waals surface area (Å²) in [5.74, 6) is -0.0750. The van der Waals surface area contributed by atoms with E-state index >= 15 is 0 Å². The average Bonchev–Trinajstić information content (AvgIpc) is 3.35. The van der Waals surface area contributed by atoms with Crippen LogP contribution in [-0.2, 0) is 9.59 Å². The highest BCUT2D eigenvalue weighted by atomic mass is 32.2. The molecule has 0 radical (unpaired) electrons. The molecule has 4 rings (SSSR count). The number of hydrogen-bond acceptors (Lipinski definition) is 6. The molecule has 1 aliphatic carbocycles. The number of carbonyl (C=O) groups is 2. The van der Waals surface area contributed by atoms with Crippen LogP contribution in [0.3, 0.4) is 0 Å². The van der Waals surface area contributed by atoms with Gasteiger partial charge < -0.3 is 5.32 Å². The lowest BCUT2D eigenvalue weighted by Gasteiger charge is -2.14. The molecule has 2 fully saturated rings. The van der Waals surface area contributed by atoms with Gasteiger partial charge in [-0.1, -0.05) is 48.1 Å². The normalized spacial score (nSPS) is 22.3. The lowest BCUT2D eigenvalue weighted by atomic mass is 10.2. The van der Waals surface area contributed by atoms with Crippen LogP contribution in [0.25, 0.3) is 10.2 Å². The van der Waals surface area contributed by atoms with E-state index < -0.39 is 5.25 Å². The van der Waals surface area contributed by atoms with Gasteiger partial charge in [0.15, 0.2) is 5.17 Å². The Hall–Kier alpha value is -1.93. The molecule has 0 spiro atoms. The van der Waals surface area contributed by atoms with E-state index in [4.69, 9.17) is 0 Å². The molecule has 1 aliphatic heterocycles. The number of nitrogens with one attached hydrogen (secondary N) is 1. The number of nitrogens with zero attached hydrogens (tertiary/aromatic N) is 3. The zero-order valence-corrected chi connectivity index (χ0v) is 16.8. The third kappa shape index (κ3) is 4.01. The molecule has 2 aliphatic rings. The van der Waals surface area contributed by atoms with E-state index in [9.17, 15) is 9.59 Å². The van der Waals surface area contributed by atoms with Gasteiger partial charge in [0.2, 0.25) is 16.9 Å². The second-order valence-electron chi connectivity index (χ2n) is 6.80. The molecule has 2 aromatic rings. The van der Waals surface area contributed by atoms with Crippen molar-refractivity contribution in [3.05, 3.63) is 24.3 Å². The predicted octanol–water partition coefficient (Wildman–Crippen LogP) is 3.70. The van der Waals surface area contributed by atoms with E-state index in [0.29, 0.717) is 16.8 Å². The number of amides is 2. The van der Waals surface area contributed by atoms with Crippen LogP contribution in [0.4, 0.5) is 5.13 Å². The number of rotatable bonds is 5. The molecule has 2 heterocycles. The first-order valence-electron chi connectivity index (χ1n) is 9.35. The molecular formula is C19H22N4O2S2. The van der Waals surface area contributed by atoms with Crippen LogP contribution >= 0.6 is 23.1 Å². The Balaban J connectivity index is 1.48. The zero-order valence-electron chi connectivity index (χ0n) is 15.2. The van der Waals surface area contributed by atoms with Crippen LogP contribution in [0.1, 0.15) is 39.0 Å². The third-order valence-corrected chi connectivity index (χ3v) is 7.01. The van der Waals surface area contributed by atoms with Crippen molar-refractivity contribution < 1.29 is 9.59 Å². The van der Waals surface area contributed by atoms with Crippen molar-refractivity contribution in [1.29, 1.82) is 0 Å². The SMILES string of the molecule is CCN1C(=O)C(CC(=O)NC2CCCC2)SC1=Nc1nc2ccccc2s1. The quantitative estimate of drug-likeness (QED) is 0.828. The van der Waals surface area contributed by atoms with Gasteiger partial charge in [0.25, 0.3) is 0 Å². The maximum Gasteiger partial charge on any atom is 0.242 e. The van der Waals surface area contributed by atoms with Gasteiger partial charge in [0.1, 0.15) is 5.25 Å². The number of para-hydroxylation sites is 1. The van der Waals surface area contributed by atoms with Crippen molar-refractivity contribution in [2.45, 2.75) is 50.3 Å². The van der Waals surface area contributed by atoms with Gasteiger partial charge in [-0.2, -0.15) is 4.99 Å². The van der Waals surface area contributed by atoms with E-state index in [1.54, 1.807) is 4.90 Å². The average molecular weight is 403 g/mol. The molecule has 1 saturated carbocycles. The summed E-state index contributed by atoms with van der Waals surface area (Å²) in [5.41, 5.74) is 0.909. The van der Waals surface area contributed by atoms with E-state index in [2.05, 4.69) is 15.3 Å². The molecule has 0 bridgehead atoms. The summed E-state index contributed by atoms with van der Waals surface area (Å²) < 4.78 is 1.07. The Morgan fingerprint density at radius 3 is 2.85 bits per heavy atom. The minimum absolute atomic E-state index is 0.0370. The Morgan fingerprint density at radius 1 is 1.33 bits per heavy atom. The molecule has 2 amide bonds. The largest absolute Gasteiger partial charge is 0.353 e. The molecule has 27 heavy (non-hydrogen) atoms. The number of hydrogen-bond donors (Lipinski definition) is 1. The summed E-state index contributed by atoms with van der Waals surface area (Å²) in [6.07, 6.45) is 4.64. The number of aromatic nitrogens is 1. The predicted molar refractivity (Wildman–Crippen MR) is 110 cm³/mol. The maximum atomic E-state index is 12.7. The molecule has 1 atom stereocenters. The summed E-state index contributed by atoms with van der Waals surface area (Å²) in [4.78, 5) is 35.8. The second kappa shape index (κ2) is 7.98. The van der Waals surface area contributed by atoms with Crippen LogP contribution in [0, 0.1) is 0 Å². The second-order valence-corrected chi connectivity index (χ2v) is 8.98. The molecule has 1 aromatic carbocycles. The Labute approximate surface area is 166 Å². The Kier molecular flexibility index (Phi) is 5.45. The molecule has 1 N–H and O–H groups in total. The highest BCUT2D eigenvalue weighted by Gasteiger charge is 2.38.